The zero-order valence-electron chi connectivity index (χ0n) is 17.2. The highest BCUT2D eigenvalue weighted by molar-refractivity contribution is 9.10. The highest BCUT2D eigenvalue weighted by Crippen LogP contribution is 2.37. The normalized spacial score (nSPS) is 21.3. The average Bonchev–Trinajstić information content (AvgIpc) is 2.66. The Morgan fingerprint density at radius 1 is 1.17 bits per heavy atom. The predicted molar refractivity (Wildman–Crippen MR) is 119 cm³/mol. The lowest BCUT2D eigenvalue weighted by atomic mass is 10.1. The van der Waals surface area contributed by atoms with Gasteiger partial charge in [-0.15, -0.1) is 0 Å². The van der Waals surface area contributed by atoms with Crippen molar-refractivity contribution in [2.24, 2.45) is 9.98 Å². The molecule has 1 saturated heterocycles. The largest absolute Gasteiger partial charge is 0.444 e. The molecule has 1 aromatic rings. The molecule has 7 nitrogen and oxygen atoms in total. The number of ether oxygens (including phenoxy) is 1. The lowest BCUT2D eigenvalue weighted by molar-refractivity contribution is 0.0188. The van der Waals surface area contributed by atoms with E-state index in [4.69, 9.17) is 14.7 Å². The molecule has 3 aliphatic heterocycles. The summed E-state index contributed by atoms with van der Waals surface area (Å²) in [7, 11) is 0. The second-order valence-corrected chi connectivity index (χ2v) is 9.34. The Balaban J connectivity index is 1.57. The van der Waals surface area contributed by atoms with Gasteiger partial charge in [-0.25, -0.2) is 9.79 Å². The van der Waals surface area contributed by atoms with Gasteiger partial charge in [0.1, 0.15) is 5.60 Å². The van der Waals surface area contributed by atoms with Crippen LogP contribution in [0, 0.1) is 0 Å². The standard InChI is InChI=1S/C21H26BrN5O2/c1-14-7-8-27-17-6-5-15(22)13-16(17)24-18(19(27)23-14)25-9-11-26(12-10-25)20(28)29-21(2,3)4/h5-8,13-14H,9-12H2,1-4H3. The molecule has 29 heavy (non-hydrogen) atoms. The minimum Gasteiger partial charge on any atom is -0.444 e. The first-order valence-electron chi connectivity index (χ1n) is 9.88. The smallest absolute Gasteiger partial charge is 0.410 e. The van der Waals surface area contributed by atoms with Crippen molar-refractivity contribution in [3.63, 3.8) is 0 Å². The zero-order chi connectivity index (χ0) is 20.8. The summed E-state index contributed by atoms with van der Waals surface area (Å²) < 4.78 is 6.50. The van der Waals surface area contributed by atoms with Crippen molar-refractivity contribution in [3.05, 3.63) is 34.9 Å². The van der Waals surface area contributed by atoms with Gasteiger partial charge in [-0.05, 0) is 52.0 Å². The molecule has 1 amide bonds. The lowest BCUT2D eigenvalue weighted by Gasteiger charge is -2.40. The predicted octanol–water partition coefficient (Wildman–Crippen LogP) is 4.17. The Labute approximate surface area is 179 Å². The highest BCUT2D eigenvalue weighted by Gasteiger charge is 2.34. The summed E-state index contributed by atoms with van der Waals surface area (Å²) >= 11 is 3.54. The van der Waals surface area contributed by atoms with Crippen molar-refractivity contribution < 1.29 is 9.53 Å². The Bertz CT molecular complexity index is 910. The Kier molecular flexibility index (Phi) is 5.14. The van der Waals surface area contributed by atoms with E-state index in [-0.39, 0.29) is 12.1 Å². The van der Waals surface area contributed by atoms with Crippen molar-refractivity contribution in [2.75, 3.05) is 31.1 Å². The first-order chi connectivity index (χ1) is 13.7. The van der Waals surface area contributed by atoms with E-state index in [0.29, 0.717) is 26.2 Å². The second kappa shape index (κ2) is 7.48. The van der Waals surface area contributed by atoms with Gasteiger partial charge in [0.05, 0.1) is 17.4 Å². The molecule has 0 radical (unpaired) electrons. The number of amidine groups is 2. The molecule has 0 spiro atoms. The summed E-state index contributed by atoms with van der Waals surface area (Å²) in [6.07, 6.45) is 3.90. The molecule has 4 rings (SSSR count). The Hall–Kier alpha value is -2.35. The van der Waals surface area contributed by atoms with E-state index in [2.05, 4.69) is 51.0 Å². The number of amides is 1. The molecule has 0 aliphatic carbocycles. The molecule has 0 aromatic heterocycles. The number of hydrogen-bond acceptors (Lipinski definition) is 6. The molecule has 0 saturated carbocycles. The fourth-order valence-electron chi connectivity index (χ4n) is 3.53. The molecule has 8 heteroatoms. The van der Waals surface area contributed by atoms with Crippen LogP contribution in [-0.4, -0.2) is 65.4 Å². The van der Waals surface area contributed by atoms with Crippen LogP contribution in [0.25, 0.3) is 0 Å². The van der Waals surface area contributed by atoms with E-state index >= 15 is 0 Å². The maximum Gasteiger partial charge on any atom is 0.410 e. The molecule has 0 bridgehead atoms. The van der Waals surface area contributed by atoms with Crippen LogP contribution in [0.4, 0.5) is 16.2 Å². The van der Waals surface area contributed by atoms with Crippen LogP contribution in [-0.2, 0) is 4.74 Å². The van der Waals surface area contributed by atoms with Gasteiger partial charge in [0.2, 0.25) is 0 Å². The number of fused-ring (bicyclic) bond motifs is 3. The third-order valence-electron chi connectivity index (χ3n) is 4.92. The van der Waals surface area contributed by atoms with E-state index in [0.717, 1.165) is 27.5 Å². The highest BCUT2D eigenvalue weighted by atomic mass is 79.9. The number of carbonyl (C=O) groups excluding carboxylic acids is 1. The van der Waals surface area contributed by atoms with E-state index in [1.807, 2.05) is 32.9 Å². The van der Waals surface area contributed by atoms with Crippen molar-refractivity contribution in [1.82, 2.24) is 9.80 Å². The SMILES string of the molecule is CC1C=CN2C(=N1)C(N1CCN(C(=O)OC(C)(C)C)CC1)=Nc1cc(Br)ccc12. The van der Waals surface area contributed by atoms with Crippen LogP contribution in [0.1, 0.15) is 27.7 Å². The fourth-order valence-corrected chi connectivity index (χ4v) is 3.88. The van der Waals surface area contributed by atoms with Gasteiger partial charge in [-0.3, -0.25) is 9.89 Å². The van der Waals surface area contributed by atoms with E-state index in [1.54, 1.807) is 4.90 Å². The molecule has 1 atom stereocenters. The van der Waals surface area contributed by atoms with Crippen LogP contribution >= 0.6 is 15.9 Å². The summed E-state index contributed by atoms with van der Waals surface area (Å²) in [5.41, 5.74) is 1.44. The van der Waals surface area contributed by atoms with Gasteiger partial charge >= 0.3 is 6.09 Å². The van der Waals surface area contributed by atoms with Crippen molar-refractivity contribution in [2.45, 2.75) is 39.3 Å². The molecule has 3 aliphatic rings. The van der Waals surface area contributed by atoms with Crippen LogP contribution in [0.3, 0.4) is 0 Å². The quantitative estimate of drug-likeness (QED) is 0.583. The number of anilines is 1. The van der Waals surface area contributed by atoms with Crippen molar-refractivity contribution >= 4 is 45.1 Å². The lowest BCUT2D eigenvalue weighted by Crippen LogP contribution is -2.55. The number of halogens is 1. The Morgan fingerprint density at radius 3 is 2.59 bits per heavy atom. The monoisotopic (exact) mass is 459 g/mol. The summed E-state index contributed by atoms with van der Waals surface area (Å²) in [5, 5.41) is 0. The summed E-state index contributed by atoms with van der Waals surface area (Å²) in [4.78, 5) is 28.3. The molecule has 3 heterocycles. The molecule has 1 unspecified atom stereocenters. The third kappa shape index (κ3) is 4.17. The van der Waals surface area contributed by atoms with Gasteiger partial charge in [-0.1, -0.05) is 15.9 Å². The van der Waals surface area contributed by atoms with Gasteiger partial charge in [0, 0.05) is 36.9 Å². The van der Waals surface area contributed by atoms with Gasteiger partial charge in [0.15, 0.2) is 11.7 Å². The minimum absolute atomic E-state index is 0.103. The fraction of sp³-hybridized carbons (Fsp3) is 0.476. The van der Waals surface area contributed by atoms with Crippen LogP contribution < -0.4 is 4.90 Å². The van der Waals surface area contributed by atoms with Crippen LogP contribution in [0.5, 0.6) is 0 Å². The first kappa shape index (κ1) is 19.9. The van der Waals surface area contributed by atoms with Crippen LogP contribution in [0.15, 0.2) is 44.9 Å². The molecular weight excluding hydrogens is 434 g/mol. The molecule has 1 aromatic carbocycles. The van der Waals surface area contributed by atoms with Gasteiger partial charge in [0.25, 0.3) is 0 Å². The summed E-state index contributed by atoms with van der Waals surface area (Å²) in [5.74, 6) is 1.72. The summed E-state index contributed by atoms with van der Waals surface area (Å²) in [6, 6.07) is 6.19. The first-order valence-corrected chi connectivity index (χ1v) is 10.7. The molecule has 0 N–H and O–H groups in total. The van der Waals surface area contributed by atoms with Crippen LogP contribution in [0.2, 0.25) is 0 Å². The third-order valence-corrected chi connectivity index (χ3v) is 5.42. The average molecular weight is 460 g/mol. The van der Waals surface area contributed by atoms with Gasteiger partial charge in [-0.2, -0.15) is 0 Å². The molecule has 154 valence electrons. The zero-order valence-corrected chi connectivity index (χ0v) is 18.8. The number of nitrogens with zero attached hydrogens (tertiary/aromatic N) is 5. The number of carbonyl (C=O) groups is 1. The number of benzene rings is 1. The number of piperazine rings is 1. The van der Waals surface area contributed by atoms with E-state index in [9.17, 15) is 4.79 Å². The second-order valence-electron chi connectivity index (χ2n) is 8.43. The Morgan fingerprint density at radius 2 is 1.90 bits per heavy atom. The minimum atomic E-state index is -0.488. The van der Waals surface area contributed by atoms with E-state index < -0.39 is 5.60 Å². The van der Waals surface area contributed by atoms with Crippen molar-refractivity contribution in [1.29, 1.82) is 0 Å². The molecule has 1 fully saturated rings. The van der Waals surface area contributed by atoms with Gasteiger partial charge < -0.3 is 14.5 Å². The topological polar surface area (TPSA) is 60.7 Å². The molecular formula is C21H26BrN5O2. The number of aliphatic imine (C=N–C) groups is 2. The van der Waals surface area contributed by atoms with Crippen molar-refractivity contribution in [3.8, 4) is 0 Å². The number of rotatable bonds is 0. The maximum atomic E-state index is 12.4. The summed E-state index contributed by atoms with van der Waals surface area (Å²) in [6.45, 7) is 10.3. The number of hydrogen-bond donors (Lipinski definition) is 0. The van der Waals surface area contributed by atoms with E-state index in [1.165, 1.54) is 0 Å². The maximum absolute atomic E-state index is 12.4.